The molecule has 0 saturated heterocycles. The van der Waals surface area contributed by atoms with E-state index in [9.17, 15) is 14.0 Å². The Balaban J connectivity index is 1.32. The number of aromatic nitrogens is 1. The Morgan fingerprint density at radius 3 is 2.74 bits per heavy atom. The van der Waals surface area contributed by atoms with Crippen LogP contribution in [0.15, 0.2) is 59.6 Å². The van der Waals surface area contributed by atoms with Crippen LogP contribution in [-0.4, -0.2) is 28.8 Å². The predicted octanol–water partition coefficient (Wildman–Crippen LogP) is 6.29. The van der Waals surface area contributed by atoms with Gasteiger partial charge in [0, 0.05) is 33.4 Å². The Morgan fingerprint density at radius 2 is 1.94 bits per heavy atom. The largest absolute Gasteiger partial charge is 0.462 e. The first-order chi connectivity index (χ1) is 17.0. The van der Waals surface area contributed by atoms with E-state index in [2.05, 4.69) is 9.88 Å². The minimum atomic E-state index is -0.362. The van der Waals surface area contributed by atoms with Gasteiger partial charge in [-0.15, -0.1) is 23.1 Å². The predicted molar refractivity (Wildman–Crippen MR) is 139 cm³/mol. The van der Waals surface area contributed by atoms with Crippen molar-refractivity contribution < 1.29 is 18.7 Å². The molecule has 4 aromatic rings. The van der Waals surface area contributed by atoms with Crippen LogP contribution < -0.4 is 5.32 Å². The Morgan fingerprint density at radius 1 is 1.14 bits per heavy atom. The van der Waals surface area contributed by atoms with Crippen molar-refractivity contribution in [2.24, 2.45) is 0 Å². The molecule has 0 spiro atoms. The van der Waals surface area contributed by atoms with E-state index in [1.165, 1.54) is 40.1 Å². The van der Waals surface area contributed by atoms with Gasteiger partial charge in [0.05, 0.1) is 17.9 Å². The second kappa shape index (κ2) is 10.3. The summed E-state index contributed by atoms with van der Waals surface area (Å²) < 4.78 is 20.7. The highest BCUT2D eigenvalue weighted by molar-refractivity contribution is 8.00. The maximum atomic E-state index is 13.3. The molecule has 0 bridgehead atoms. The molecule has 2 heterocycles. The number of fused-ring (bicyclic) bond motifs is 2. The summed E-state index contributed by atoms with van der Waals surface area (Å²) in [6.07, 6.45) is 4.85. The number of rotatable bonds is 8. The molecule has 0 saturated carbocycles. The van der Waals surface area contributed by atoms with Gasteiger partial charge in [-0.1, -0.05) is 30.3 Å². The summed E-state index contributed by atoms with van der Waals surface area (Å²) in [5.74, 6) is -0.555. The van der Waals surface area contributed by atoms with E-state index in [4.69, 9.17) is 4.74 Å². The molecule has 0 aliphatic heterocycles. The monoisotopic (exact) mass is 508 g/mol. The number of para-hydroxylation sites is 1. The standard InChI is InChI=1S/C27H25FN2O3S2/c1-2-33-27(32)25-20-7-5-9-22(20)35-26(25)29-24(31)16-34-23-15-30(21-8-4-3-6-19(21)23)14-17-10-12-18(28)13-11-17/h3-4,6,8,10-13,15H,2,5,7,9,14,16H2,1H3,(H,29,31). The fourth-order valence-electron chi connectivity index (χ4n) is 4.46. The zero-order chi connectivity index (χ0) is 24.4. The first-order valence-corrected chi connectivity index (χ1v) is 13.4. The van der Waals surface area contributed by atoms with Crippen molar-refractivity contribution in [2.75, 3.05) is 17.7 Å². The Kier molecular flexibility index (Phi) is 6.92. The molecule has 0 unspecified atom stereocenters. The van der Waals surface area contributed by atoms with E-state index < -0.39 is 0 Å². The number of carbonyl (C=O) groups excluding carboxylic acids is 2. The number of aryl methyl sites for hydroxylation is 1. The number of nitrogens with zero attached hydrogens (tertiary/aromatic N) is 1. The third kappa shape index (κ3) is 4.99. The molecule has 2 aromatic carbocycles. The van der Waals surface area contributed by atoms with Crippen LogP contribution >= 0.6 is 23.1 Å². The third-order valence-corrected chi connectivity index (χ3v) is 8.28. The van der Waals surface area contributed by atoms with Crippen LogP contribution in [-0.2, 0) is 28.9 Å². The van der Waals surface area contributed by atoms with Crippen LogP contribution in [0.25, 0.3) is 10.9 Å². The number of halogens is 1. The van der Waals surface area contributed by atoms with Gasteiger partial charge >= 0.3 is 5.97 Å². The van der Waals surface area contributed by atoms with Gasteiger partial charge in [0.15, 0.2) is 0 Å². The summed E-state index contributed by atoms with van der Waals surface area (Å²) in [4.78, 5) is 27.6. The number of thioether (sulfide) groups is 1. The highest BCUT2D eigenvalue weighted by Crippen LogP contribution is 2.40. The van der Waals surface area contributed by atoms with E-state index in [0.29, 0.717) is 23.7 Å². The van der Waals surface area contributed by atoms with Gasteiger partial charge in [-0.05, 0) is 55.5 Å². The van der Waals surface area contributed by atoms with Gasteiger partial charge in [-0.2, -0.15) is 0 Å². The number of nitrogens with one attached hydrogen (secondary N) is 1. The Labute approximate surface area is 211 Å². The van der Waals surface area contributed by atoms with Crippen molar-refractivity contribution in [3.05, 3.63) is 82.1 Å². The number of amides is 1. The van der Waals surface area contributed by atoms with Crippen LogP contribution in [0, 0.1) is 5.82 Å². The quantitative estimate of drug-likeness (QED) is 0.225. The van der Waals surface area contributed by atoms with E-state index in [1.54, 1.807) is 19.1 Å². The zero-order valence-corrected chi connectivity index (χ0v) is 20.9. The number of thiophene rings is 1. The lowest BCUT2D eigenvalue weighted by molar-refractivity contribution is -0.113. The highest BCUT2D eigenvalue weighted by atomic mass is 32.2. The second-order valence-electron chi connectivity index (χ2n) is 8.38. The summed E-state index contributed by atoms with van der Waals surface area (Å²) in [5.41, 5.74) is 3.61. The summed E-state index contributed by atoms with van der Waals surface area (Å²) in [6.45, 7) is 2.69. The molecule has 180 valence electrons. The first kappa shape index (κ1) is 23.6. The molecule has 8 heteroatoms. The van der Waals surface area contributed by atoms with E-state index in [1.807, 2.05) is 30.5 Å². The fourth-order valence-corrected chi connectivity index (χ4v) is 6.65. The number of benzene rings is 2. The van der Waals surface area contributed by atoms with Gasteiger partial charge in [0.25, 0.3) is 0 Å². The molecule has 35 heavy (non-hydrogen) atoms. The SMILES string of the molecule is CCOC(=O)c1c(NC(=O)CSc2cn(Cc3ccc(F)cc3)c3ccccc23)sc2c1CCC2. The van der Waals surface area contributed by atoms with Crippen molar-refractivity contribution in [2.45, 2.75) is 37.6 Å². The second-order valence-corrected chi connectivity index (χ2v) is 10.5. The molecule has 0 radical (unpaired) electrons. The molecule has 0 fully saturated rings. The minimum Gasteiger partial charge on any atom is -0.462 e. The van der Waals surface area contributed by atoms with Gasteiger partial charge in [0.2, 0.25) is 5.91 Å². The highest BCUT2D eigenvalue weighted by Gasteiger charge is 2.28. The van der Waals surface area contributed by atoms with Crippen LogP contribution in [0.5, 0.6) is 0 Å². The van der Waals surface area contributed by atoms with Crippen LogP contribution in [0.2, 0.25) is 0 Å². The van der Waals surface area contributed by atoms with Crippen molar-refractivity contribution in [3.63, 3.8) is 0 Å². The third-order valence-electron chi connectivity index (χ3n) is 6.03. The summed E-state index contributed by atoms with van der Waals surface area (Å²) in [6, 6.07) is 14.5. The lowest BCUT2D eigenvalue weighted by atomic mass is 10.1. The maximum Gasteiger partial charge on any atom is 0.341 e. The van der Waals surface area contributed by atoms with Gasteiger partial charge in [-0.25, -0.2) is 9.18 Å². The molecule has 0 atom stereocenters. The number of hydrogen-bond acceptors (Lipinski definition) is 5. The molecule has 1 aliphatic rings. The number of hydrogen-bond donors (Lipinski definition) is 1. The van der Waals surface area contributed by atoms with E-state index >= 15 is 0 Å². The average Bonchev–Trinajstić information content (AvgIpc) is 3.53. The summed E-state index contributed by atoms with van der Waals surface area (Å²) in [7, 11) is 0. The van der Waals surface area contributed by atoms with E-state index in [-0.39, 0.29) is 23.4 Å². The van der Waals surface area contributed by atoms with Crippen LogP contribution in [0.3, 0.4) is 0 Å². The van der Waals surface area contributed by atoms with Crippen molar-refractivity contribution >= 4 is 50.9 Å². The van der Waals surface area contributed by atoms with Gasteiger partial charge in [0.1, 0.15) is 10.8 Å². The molecular formula is C27H25FN2O3S2. The summed E-state index contributed by atoms with van der Waals surface area (Å²) >= 11 is 2.95. The van der Waals surface area contributed by atoms with Crippen molar-refractivity contribution in [3.8, 4) is 0 Å². The van der Waals surface area contributed by atoms with Gasteiger partial charge < -0.3 is 14.6 Å². The van der Waals surface area contributed by atoms with Gasteiger partial charge in [-0.3, -0.25) is 4.79 Å². The lowest BCUT2D eigenvalue weighted by Gasteiger charge is -2.08. The molecule has 1 N–H and O–H groups in total. The number of carbonyl (C=O) groups is 2. The molecule has 1 amide bonds. The maximum absolute atomic E-state index is 13.3. The van der Waals surface area contributed by atoms with Crippen LogP contribution in [0.1, 0.15) is 39.7 Å². The van der Waals surface area contributed by atoms with Crippen molar-refractivity contribution in [1.29, 1.82) is 0 Å². The zero-order valence-electron chi connectivity index (χ0n) is 19.3. The van der Waals surface area contributed by atoms with Crippen molar-refractivity contribution in [1.82, 2.24) is 4.57 Å². The van der Waals surface area contributed by atoms with E-state index in [0.717, 1.165) is 46.2 Å². The average molecular weight is 509 g/mol. The fraction of sp³-hybridized carbons (Fsp3) is 0.259. The number of ether oxygens (including phenoxy) is 1. The lowest BCUT2D eigenvalue weighted by Crippen LogP contribution is -2.16. The number of anilines is 1. The first-order valence-electron chi connectivity index (χ1n) is 11.6. The molecule has 2 aromatic heterocycles. The molecular weight excluding hydrogens is 483 g/mol. The topological polar surface area (TPSA) is 60.3 Å². The molecule has 5 rings (SSSR count). The normalized spacial score (nSPS) is 12.6. The Bertz CT molecular complexity index is 1390. The molecule has 5 nitrogen and oxygen atoms in total. The smallest absolute Gasteiger partial charge is 0.341 e. The minimum absolute atomic E-state index is 0.157. The van der Waals surface area contributed by atoms with Crippen LogP contribution in [0.4, 0.5) is 9.39 Å². The molecule has 1 aliphatic carbocycles. The Hall–Kier alpha value is -3.10. The number of esters is 1. The summed E-state index contributed by atoms with van der Waals surface area (Å²) in [5, 5.41) is 4.62.